The molecule has 96 valence electrons. The fourth-order valence-electron chi connectivity index (χ4n) is 1.49. The zero-order valence-electron chi connectivity index (χ0n) is 9.52. The zero-order valence-corrected chi connectivity index (χ0v) is 9.52. The number of alkyl halides is 3. The Bertz CT molecular complexity index is 531. The van der Waals surface area contributed by atoms with Gasteiger partial charge in [-0.1, -0.05) is 18.2 Å². The van der Waals surface area contributed by atoms with Gasteiger partial charge in [-0.15, -0.1) is 10.2 Å². The van der Waals surface area contributed by atoms with Crippen LogP contribution in [0.1, 0.15) is 12.7 Å². The minimum Gasteiger partial charge on any atom is -0.311 e. The summed E-state index contributed by atoms with van der Waals surface area (Å²) in [6.07, 6.45) is -3.39. The average molecular weight is 256 g/mol. The lowest BCUT2D eigenvalue weighted by atomic mass is 10.0. The molecule has 0 radical (unpaired) electrons. The normalized spacial score (nSPS) is 15.4. The largest absolute Gasteiger partial charge is 0.413 e. The van der Waals surface area contributed by atoms with E-state index in [1.54, 1.807) is 30.3 Å². The maximum atomic E-state index is 12.9. The fraction of sp³-hybridized carbons (Fsp3) is 0.273. The summed E-state index contributed by atoms with van der Waals surface area (Å²) >= 11 is 0. The van der Waals surface area contributed by atoms with E-state index in [9.17, 15) is 13.2 Å². The summed E-state index contributed by atoms with van der Waals surface area (Å²) in [5.41, 5.74) is 3.32. The minimum absolute atomic E-state index is 0.346. The van der Waals surface area contributed by atoms with Crippen LogP contribution in [-0.4, -0.2) is 20.9 Å². The Balaban J connectivity index is 2.53. The summed E-state index contributed by atoms with van der Waals surface area (Å²) in [4.78, 5) is 0. The van der Waals surface area contributed by atoms with Gasteiger partial charge in [0, 0.05) is 5.69 Å². The SMILES string of the molecule is CC(N)(c1nncn1-c1ccccc1)C(F)(F)F. The Labute approximate surface area is 101 Å². The molecule has 0 aliphatic carbocycles. The van der Waals surface area contributed by atoms with Crippen molar-refractivity contribution in [1.82, 2.24) is 14.8 Å². The number of aromatic nitrogens is 3. The molecule has 1 aromatic heterocycles. The third-order valence-corrected chi connectivity index (χ3v) is 2.64. The first-order valence-corrected chi connectivity index (χ1v) is 5.15. The van der Waals surface area contributed by atoms with E-state index in [4.69, 9.17) is 5.73 Å². The van der Waals surface area contributed by atoms with Crippen molar-refractivity contribution in [1.29, 1.82) is 0 Å². The summed E-state index contributed by atoms with van der Waals surface area (Å²) in [5, 5.41) is 7.01. The van der Waals surface area contributed by atoms with Crippen molar-refractivity contribution in [3.05, 3.63) is 42.5 Å². The number of halogens is 3. The Hall–Kier alpha value is -1.89. The molecule has 2 aromatic rings. The number of nitrogens with two attached hydrogens (primary N) is 1. The van der Waals surface area contributed by atoms with Crippen molar-refractivity contribution in [2.45, 2.75) is 18.6 Å². The van der Waals surface area contributed by atoms with Crippen molar-refractivity contribution in [2.75, 3.05) is 0 Å². The van der Waals surface area contributed by atoms with Gasteiger partial charge < -0.3 is 5.73 Å². The number of para-hydroxylation sites is 1. The second-order valence-corrected chi connectivity index (χ2v) is 4.06. The molecule has 2 rings (SSSR count). The Morgan fingerprint density at radius 1 is 1.17 bits per heavy atom. The number of nitrogens with zero attached hydrogens (tertiary/aromatic N) is 3. The third-order valence-electron chi connectivity index (χ3n) is 2.64. The zero-order chi connectivity index (χ0) is 13.4. The van der Waals surface area contributed by atoms with Gasteiger partial charge in [-0.2, -0.15) is 13.2 Å². The van der Waals surface area contributed by atoms with Crippen molar-refractivity contribution < 1.29 is 13.2 Å². The van der Waals surface area contributed by atoms with Crippen LogP contribution in [-0.2, 0) is 5.54 Å². The van der Waals surface area contributed by atoms with E-state index < -0.39 is 11.7 Å². The maximum absolute atomic E-state index is 12.9. The van der Waals surface area contributed by atoms with Crippen LogP contribution in [0.25, 0.3) is 5.69 Å². The van der Waals surface area contributed by atoms with E-state index in [-0.39, 0.29) is 5.82 Å². The molecule has 0 saturated heterocycles. The number of hydrogen-bond donors (Lipinski definition) is 1. The minimum atomic E-state index is -4.60. The van der Waals surface area contributed by atoms with Crippen molar-refractivity contribution >= 4 is 0 Å². The highest BCUT2D eigenvalue weighted by molar-refractivity contribution is 5.33. The van der Waals surface area contributed by atoms with Gasteiger partial charge in [0.15, 0.2) is 11.4 Å². The van der Waals surface area contributed by atoms with Crippen molar-refractivity contribution in [3.8, 4) is 5.69 Å². The van der Waals surface area contributed by atoms with Gasteiger partial charge in [0.05, 0.1) is 0 Å². The topological polar surface area (TPSA) is 56.7 Å². The molecule has 1 atom stereocenters. The Kier molecular flexibility index (Phi) is 2.86. The molecule has 4 nitrogen and oxygen atoms in total. The predicted molar refractivity (Wildman–Crippen MR) is 59.0 cm³/mol. The van der Waals surface area contributed by atoms with E-state index in [1.807, 2.05) is 0 Å². The van der Waals surface area contributed by atoms with Crippen LogP contribution in [0.4, 0.5) is 13.2 Å². The van der Waals surface area contributed by atoms with E-state index >= 15 is 0 Å². The smallest absolute Gasteiger partial charge is 0.311 e. The highest BCUT2D eigenvalue weighted by Gasteiger charge is 2.52. The molecule has 0 fully saturated rings. The quantitative estimate of drug-likeness (QED) is 0.894. The molecule has 1 aromatic carbocycles. The first-order valence-electron chi connectivity index (χ1n) is 5.15. The lowest BCUT2D eigenvalue weighted by Crippen LogP contribution is -2.49. The average Bonchev–Trinajstić information content (AvgIpc) is 2.78. The molecule has 0 aliphatic heterocycles. The van der Waals surface area contributed by atoms with Gasteiger partial charge in [-0.3, -0.25) is 4.57 Å². The molecular formula is C11H11F3N4. The van der Waals surface area contributed by atoms with Crippen LogP contribution in [0, 0.1) is 0 Å². The van der Waals surface area contributed by atoms with E-state index in [1.165, 1.54) is 10.9 Å². The van der Waals surface area contributed by atoms with Gasteiger partial charge in [-0.25, -0.2) is 0 Å². The van der Waals surface area contributed by atoms with Crippen molar-refractivity contribution in [3.63, 3.8) is 0 Å². The molecule has 0 bridgehead atoms. The van der Waals surface area contributed by atoms with Crippen LogP contribution >= 0.6 is 0 Å². The van der Waals surface area contributed by atoms with Crippen LogP contribution in [0.15, 0.2) is 36.7 Å². The predicted octanol–water partition coefficient (Wildman–Crippen LogP) is 2.00. The Morgan fingerprint density at radius 3 is 2.33 bits per heavy atom. The molecule has 0 saturated carbocycles. The van der Waals surface area contributed by atoms with Gasteiger partial charge in [-0.05, 0) is 19.1 Å². The summed E-state index contributed by atoms with van der Waals surface area (Å²) < 4.78 is 39.9. The molecular weight excluding hydrogens is 245 g/mol. The first-order chi connectivity index (χ1) is 8.34. The van der Waals surface area contributed by atoms with E-state index in [0.717, 1.165) is 6.92 Å². The summed E-state index contributed by atoms with van der Waals surface area (Å²) in [7, 11) is 0. The van der Waals surface area contributed by atoms with Crippen molar-refractivity contribution in [2.24, 2.45) is 5.73 Å². The van der Waals surface area contributed by atoms with Gasteiger partial charge in [0.2, 0.25) is 0 Å². The van der Waals surface area contributed by atoms with E-state index in [0.29, 0.717) is 5.69 Å². The standard InChI is InChI=1S/C11H11F3N4/c1-10(15,11(12,13)14)9-17-16-7-18(9)8-5-3-2-4-6-8/h2-7H,15H2,1H3. The van der Waals surface area contributed by atoms with Crippen LogP contribution in [0.5, 0.6) is 0 Å². The summed E-state index contributed by atoms with van der Waals surface area (Å²) in [5.74, 6) is -0.346. The number of rotatable bonds is 2. The lowest BCUT2D eigenvalue weighted by molar-refractivity contribution is -0.186. The number of benzene rings is 1. The summed E-state index contributed by atoms with van der Waals surface area (Å²) in [6, 6.07) is 8.48. The second kappa shape index (κ2) is 4.09. The Morgan fingerprint density at radius 2 is 1.78 bits per heavy atom. The van der Waals surface area contributed by atoms with Gasteiger partial charge in [0.1, 0.15) is 6.33 Å². The molecule has 7 heteroatoms. The fourth-order valence-corrected chi connectivity index (χ4v) is 1.49. The molecule has 1 unspecified atom stereocenters. The van der Waals surface area contributed by atoms with Gasteiger partial charge >= 0.3 is 6.18 Å². The molecule has 0 amide bonds. The van der Waals surface area contributed by atoms with Crippen LogP contribution < -0.4 is 5.73 Å². The number of hydrogen-bond acceptors (Lipinski definition) is 3. The molecule has 2 N–H and O–H groups in total. The third kappa shape index (κ3) is 1.97. The summed E-state index contributed by atoms with van der Waals surface area (Å²) in [6.45, 7) is 0.871. The molecule has 18 heavy (non-hydrogen) atoms. The maximum Gasteiger partial charge on any atom is 0.413 e. The highest BCUT2D eigenvalue weighted by Crippen LogP contribution is 2.35. The highest BCUT2D eigenvalue weighted by atomic mass is 19.4. The molecule has 0 spiro atoms. The van der Waals surface area contributed by atoms with Crippen LogP contribution in [0.3, 0.4) is 0 Å². The lowest BCUT2D eigenvalue weighted by Gasteiger charge is -2.26. The molecule has 1 heterocycles. The van der Waals surface area contributed by atoms with E-state index in [2.05, 4.69) is 10.2 Å². The second-order valence-electron chi connectivity index (χ2n) is 4.06. The first kappa shape index (κ1) is 12.6. The van der Waals surface area contributed by atoms with Crippen LogP contribution in [0.2, 0.25) is 0 Å². The monoisotopic (exact) mass is 256 g/mol. The molecule has 0 aliphatic rings. The van der Waals surface area contributed by atoms with Gasteiger partial charge in [0.25, 0.3) is 0 Å².